The SMILES string of the molecule is COc1ccc(-c2ccc(N(C)C(=O)c3ccc(OC)cc3Br)cc2)cc1. The molecule has 0 aliphatic carbocycles. The van der Waals surface area contributed by atoms with Crippen molar-refractivity contribution in [3.8, 4) is 22.6 Å². The van der Waals surface area contributed by atoms with E-state index in [1.807, 2.05) is 48.5 Å². The fourth-order valence-electron chi connectivity index (χ4n) is 2.76. The van der Waals surface area contributed by atoms with Crippen molar-refractivity contribution in [2.45, 2.75) is 0 Å². The predicted molar refractivity (Wildman–Crippen MR) is 112 cm³/mol. The van der Waals surface area contributed by atoms with E-state index in [4.69, 9.17) is 9.47 Å². The Kier molecular flexibility index (Phi) is 5.81. The van der Waals surface area contributed by atoms with Crippen molar-refractivity contribution in [3.05, 3.63) is 76.8 Å². The molecule has 0 fully saturated rings. The minimum absolute atomic E-state index is 0.0956. The van der Waals surface area contributed by atoms with E-state index in [1.165, 1.54) is 0 Å². The van der Waals surface area contributed by atoms with Crippen LogP contribution in [0.5, 0.6) is 11.5 Å². The van der Waals surface area contributed by atoms with E-state index in [0.29, 0.717) is 15.8 Å². The molecule has 0 atom stereocenters. The average molecular weight is 426 g/mol. The van der Waals surface area contributed by atoms with E-state index in [9.17, 15) is 4.79 Å². The molecule has 0 N–H and O–H groups in total. The van der Waals surface area contributed by atoms with Crippen molar-refractivity contribution in [2.24, 2.45) is 0 Å². The largest absolute Gasteiger partial charge is 0.497 e. The quantitative estimate of drug-likeness (QED) is 0.548. The van der Waals surface area contributed by atoms with Gasteiger partial charge in [-0.25, -0.2) is 0 Å². The number of benzene rings is 3. The van der Waals surface area contributed by atoms with E-state index < -0.39 is 0 Å². The van der Waals surface area contributed by atoms with Gasteiger partial charge in [0.2, 0.25) is 0 Å². The van der Waals surface area contributed by atoms with E-state index in [-0.39, 0.29) is 5.91 Å². The van der Waals surface area contributed by atoms with Gasteiger partial charge in [0.1, 0.15) is 11.5 Å². The van der Waals surface area contributed by atoms with E-state index >= 15 is 0 Å². The minimum Gasteiger partial charge on any atom is -0.497 e. The number of carbonyl (C=O) groups is 1. The number of anilines is 1. The molecule has 0 unspecified atom stereocenters. The molecule has 5 heteroatoms. The molecule has 0 aliphatic heterocycles. The van der Waals surface area contributed by atoms with Gasteiger partial charge in [0.05, 0.1) is 19.8 Å². The number of rotatable bonds is 5. The fourth-order valence-corrected chi connectivity index (χ4v) is 3.28. The first-order valence-corrected chi connectivity index (χ1v) is 9.19. The zero-order chi connectivity index (χ0) is 19.4. The highest BCUT2D eigenvalue weighted by Crippen LogP contribution is 2.28. The second kappa shape index (κ2) is 8.27. The molecule has 0 radical (unpaired) electrons. The van der Waals surface area contributed by atoms with Crippen LogP contribution in [0.3, 0.4) is 0 Å². The standard InChI is InChI=1S/C22H20BrNO3/c1-24(22(25)20-13-12-19(27-3)14-21(20)23)17-8-4-15(5-9-17)16-6-10-18(26-2)11-7-16/h4-14H,1-3H3. The van der Waals surface area contributed by atoms with Crippen LogP contribution in [0.1, 0.15) is 10.4 Å². The van der Waals surface area contributed by atoms with Gasteiger partial charge in [-0.05, 0) is 69.5 Å². The molecule has 4 nitrogen and oxygen atoms in total. The molecule has 0 bridgehead atoms. The van der Waals surface area contributed by atoms with Crippen LogP contribution in [0.15, 0.2) is 71.2 Å². The number of nitrogens with zero attached hydrogens (tertiary/aromatic N) is 1. The summed E-state index contributed by atoms with van der Waals surface area (Å²) in [4.78, 5) is 14.5. The number of carbonyl (C=O) groups excluding carboxylic acids is 1. The topological polar surface area (TPSA) is 38.8 Å². The van der Waals surface area contributed by atoms with Gasteiger partial charge in [-0.15, -0.1) is 0 Å². The Morgan fingerprint density at radius 2 is 1.33 bits per heavy atom. The van der Waals surface area contributed by atoms with Gasteiger partial charge in [0.25, 0.3) is 5.91 Å². The summed E-state index contributed by atoms with van der Waals surface area (Å²) in [5, 5.41) is 0. The zero-order valence-electron chi connectivity index (χ0n) is 15.4. The lowest BCUT2D eigenvalue weighted by Crippen LogP contribution is -2.26. The van der Waals surface area contributed by atoms with E-state index in [1.54, 1.807) is 44.4 Å². The number of hydrogen-bond acceptors (Lipinski definition) is 3. The van der Waals surface area contributed by atoms with Gasteiger partial charge < -0.3 is 14.4 Å². The molecular formula is C22H20BrNO3. The lowest BCUT2D eigenvalue weighted by molar-refractivity contribution is 0.0992. The summed E-state index contributed by atoms with van der Waals surface area (Å²) < 4.78 is 11.1. The van der Waals surface area contributed by atoms with Crippen LogP contribution in [0, 0.1) is 0 Å². The van der Waals surface area contributed by atoms with Crippen LogP contribution >= 0.6 is 15.9 Å². The third-order valence-corrected chi connectivity index (χ3v) is 5.05. The molecule has 3 aromatic carbocycles. The first-order valence-electron chi connectivity index (χ1n) is 8.39. The Balaban J connectivity index is 1.80. The fraction of sp³-hybridized carbons (Fsp3) is 0.136. The van der Waals surface area contributed by atoms with Gasteiger partial charge in [-0.3, -0.25) is 4.79 Å². The van der Waals surface area contributed by atoms with Crippen LogP contribution in [-0.2, 0) is 0 Å². The normalized spacial score (nSPS) is 10.4. The van der Waals surface area contributed by atoms with Crippen LogP contribution in [-0.4, -0.2) is 27.2 Å². The number of hydrogen-bond donors (Lipinski definition) is 0. The Bertz CT molecular complexity index is 937. The molecule has 0 spiro atoms. The van der Waals surface area contributed by atoms with Gasteiger partial charge in [0, 0.05) is 17.2 Å². The summed E-state index contributed by atoms with van der Waals surface area (Å²) in [5.41, 5.74) is 3.57. The minimum atomic E-state index is -0.0956. The Labute approximate surface area is 167 Å². The van der Waals surface area contributed by atoms with Gasteiger partial charge in [0.15, 0.2) is 0 Å². The van der Waals surface area contributed by atoms with Crippen molar-refractivity contribution in [2.75, 3.05) is 26.2 Å². The van der Waals surface area contributed by atoms with E-state index in [2.05, 4.69) is 15.9 Å². The lowest BCUT2D eigenvalue weighted by atomic mass is 10.0. The van der Waals surface area contributed by atoms with Crippen LogP contribution in [0.4, 0.5) is 5.69 Å². The van der Waals surface area contributed by atoms with Gasteiger partial charge >= 0.3 is 0 Å². The Morgan fingerprint density at radius 1 is 0.815 bits per heavy atom. The monoisotopic (exact) mass is 425 g/mol. The van der Waals surface area contributed by atoms with Crippen molar-refractivity contribution in [3.63, 3.8) is 0 Å². The maximum Gasteiger partial charge on any atom is 0.259 e. The average Bonchev–Trinajstić information content (AvgIpc) is 2.72. The number of ether oxygens (including phenoxy) is 2. The molecular weight excluding hydrogens is 406 g/mol. The second-order valence-corrected chi connectivity index (χ2v) is 6.84. The first-order chi connectivity index (χ1) is 13.0. The molecule has 1 amide bonds. The number of methoxy groups -OCH3 is 2. The van der Waals surface area contributed by atoms with Crippen molar-refractivity contribution >= 4 is 27.5 Å². The molecule has 0 aliphatic rings. The van der Waals surface area contributed by atoms with Crippen molar-refractivity contribution in [1.82, 2.24) is 0 Å². The maximum absolute atomic E-state index is 12.8. The van der Waals surface area contributed by atoms with Gasteiger partial charge in [-0.1, -0.05) is 24.3 Å². The lowest BCUT2D eigenvalue weighted by Gasteiger charge is -2.19. The second-order valence-electron chi connectivity index (χ2n) is 5.99. The maximum atomic E-state index is 12.8. The molecule has 0 saturated heterocycles. The zero-order valence-corrected chi connectivity index (χ0v) is 17.0. The highest BCUT2D eigenvalue weighted by atomic mass is 79.9. The number of halogens is 1. The summed E-state index contributed by atoms with van der Waals surface area (Å²) in [7, 11) is 5.01. The van der Waals surface area contributed by atoms with Crippen LogP contribution in [0.2, 0.25) is 0 Å². The summed E-state index contributed by atoms with van der Waals surface area (Å²) >= 11 is 3.45. The van der Waals surface area contributed by atoms with Crippen LogP contribution < -0.4 is 14.4 Å². The summed E-state index contributed by atoms with van der Waals surface area (Å²) in [6.45, 7) is 0. The highest BCUT2D eigenvalue weighted by Gasteiger charge is 2.17. The van der Waals surface area contributed by atoms with Crippen LogP contribution in [0.25, 0.3) is 11.1 Å². The molecule has 3 aromatic rings. The first kappa shape index (κ1) is 19.0. The highest BCUT2D eigenvalue weighted by molar-refractivity contribution is 9.10. The summed E-state index contributed by atoms with van der Waals surface area (Å²) in [6.07, 6.45) is 0. The third kappa shape index (κ3) is 4.14. The Morgan fingerprint density at radius 3 is 1.85 bits per heavy atom. The molecule has 3 rings (SSSR count). The molecule has 0 saturated carbocycles. The molecule has 0 aromatic heterocycles. The summed E-state index contributed by atoms with van der Waals surface area (Å²) in [6, 6.07) is 21.1. The predicted octanol–water partition coefficient (Wildman–Crippen LogP) is 5.41. The van der Waals surface area contributed by atoms with Crippen molar-refractivity contribution in [1.29, 1.82) is 0 Å². The Hall–Kier alpha value is -2.79. The summed E-state index contributed by atoms with van der Waals surface area (Å²) in [5.74, 6) is 1.43. The van der Waals surface area contributed by atoms with E-state index in [0.717, 1.165) is 22.6 Å². The third-order valence-electron chi connectivity index (χ3n) is 4.39. The number of amides is 1. The van der Waals surface area contributed by atoms with Crippen molar-refractivity contribution < 1.29 is 14.3 Å². The molecule has 138 valence electrons. The smallest absolute Gasteiger partial charge is 0.259 e. The molecule has 0 heterocycles. The molecule has 27 heavy (non-hydrogen) atoms. The van der Waals surface area contributed by atoms with Gasteiger partial charge in [-0.2, -0.15) is 0 Å².